The quantitative estimate of drug-likeness (QED) is 0.648. The summed E-state index contributed by atoms with van der Waals surface area (Å²) in [7, 11) is 0. The average molecular weight is 428 g/mol. The average Bonchev–Trinajstić information content (AvgIpc) is 3.02. The third-order valence-electron chi connectivity index (χ3n) is 6.44. The molecule has 4 rings (SSSR count). The molecule has 1 saturated carbocycles. The Kier molecular flexibility index (Phi) is 5.00. The maximum atomic E-state index is 14.0. The van der Waals surface area contributed by atoms with Crippen molar-refractivity contribution in [1.82, 2.24) is 14.7 Å². The summed E-state index contributed by atoms with van der Waals surface area (Å²) in [6.07, 6.45) is 3.41. The molecule has 0 saturated heterocycles. The fraction of sp³-hybridized carbons (Fsp3) is 0.391. The second-order valence-corrected chi connectivity index (χ2v) is 8.81. The highest BCUT2D eigenvalue weighted by atomic mass is 19.1. The molecule has 0 aliphatic heterocycles. The van der Waals surface area contributed by atoms with Crippen LogP contribution in [-0.4, -0.2) is 26.4 Å². The lowest BCUT2D eigenvalue weighted by Gasteiger charge is -2.54. The molecular weight excluding hydrogens is 402 g/mol. The van der Waals surface area contributed by atoms with Crippen LogP contribution in [0.1, 0.15) is 54.0 Å². The number of rotatable bonds is 5. The summed E-state index contributed by atoms with van der Waals surface area (Å²) in [5.41, 5.74) is 7.26. The Morgan fingerprint density at radius 2 is 1.94 bits per heavy atom. The van der Waals surface area contributed by atoms with Crippen molar-refractivity contribution in [1.29, 1.82) is 0 Å². The minimum absolute atomic E-state index is 0.163. The minimum atomic E-state index is -0.679. The number of ether oxygens (including phenoxy) is 1. The molecule has 2 aromatic heterocycles. The first-order valence-corrected chi connectivity index (χ1v) is 10.2. The van der Waals surface area contributed by atoms with E-state index in [4.69, 9.17) is 10.5 Å². The predicted molar refractivity (Wildman–Crippen MR) is 113 cm³/mol. The molecule has 0 spiro atoms. The van der Waals surface area contributed by atoms with E-state index in [2.05, 4.69) is 10.3 Å². The molecule has 31 heavy (non-hydrogen) atoms. The molecule has 2 unspecified atom stereocenters. The third kappa shape index (κ3) is 3.54. The van der Waals surface area contributed by atoms with Crippen LogP contribution >= 0.6 is 0 Å². The summed E-state index contributed by atoms with van der Waals surface area (Å²) < 4.78 is 35.4. The predicted octanol–water partition coefficient (Wildman–Crippen LogP) is 3.81. The number of nitrogens with two attached hydrogens (primary N) is 1. The molecule has 1 amide bonds. The standard InChI is InChI=1S/C23H26F2N4O2/c1-13-10-18(31-12-15-16(24)6-5-7-17(15)25)20-27-14(2)19(29(20)11-13)21(30)28-23(4)9-8-22(23,3)26/h5-7,10-11H,8-9,12,26H2,1-4H3,(H,28,30). The van der Waals surface area contributed by atoms with E-state index in [1.165, 1.54) is 18.2 Å². The summed E-state index contributed by atoms with van der Waals surface area (Å²) in [4.78, 5) is 17.7. The summed E-state index contributed by atoms with van der Waals surface area (Å²) in [6, 6.07) is 5.40. The largest absolute Gasteiger partial charge is 0.485 e. The normalized spacial score (nSPS) is 22.9. The second kappa shape index (κ2) is 7.30. The van der Waals surface area contributed by atoms with Crippen LogP contribution in [0.3, 0.4) is 0 Å². The Morgan fingerprint density at radius 1 is 1.26 bits per heavy atom. The van der Waals surface area contributed by atoms with Crippen LogP contribution in [0, 0.1) is 25.5 Å². The zero-order valence-corrected chi connectivity index (χ0v) is 18.1. The number of benzene rings is 1. The first kappa shape index (κ1) is 21.2. The zero-order chi connectivity index (χ0) is 22.6. The minimum Gasteiger partial charge on any atom is -0.485 e. The SMILES string of the molecule is Cc1cc(OCc2c(F)cccc2F)c2nc(C)c(C(=O)NC3(C)CCC3(C)N)n2c1. The van der Waals surface area contributed by atoms with Gasteiger partial charge in [0.25, 0.3) is 5.91 Å². The van der Waals surface area contributed by atoms with E-state index in [1.807, 2.05) is 20.8 Å². The first-order valence-electron chi connectivity index (χ1n) is 10.2. The number of nitrogens with one attached hydrogen (secondary N) is 1. The molecule has 3 aromatic rings. The van der Waals surface area contributed by atoms with Crippen LogP contribution in [0.25, 0.3) is 5.65 Å². The first-order chi connectivity index (χ1) is 14.5. The fourth-order valence-corrected chi connectivity index (χ4v) is 3.97. The van der Waals surface area contributed by atoms with Gasteiger partial charge in [0.1, 0.15) is 23.9 Å². The number of amides is 1. The Balaban J connectivity index is 1.68. The van der Waals surface area contributed by atoms with Gasteiger partial charge < -0.3 is 15.8 Å². The van der Waals surface area contributed by atoms with Gasteiger partial charge in [0.05, 0.1) is 16.8 Å². The van der Waals surface area contributed by atoms with E-state index < -0.39 is 22.7 Å². The number of carbonyl (C=O) groups is 1. The highest BCUT2D eigenvalue weighted by molar-refractivity contribution is 5.95. The van der Waals surface area contributed by atoms with Gasteiger partial charge in [-0.3, -0.25) is 9.20 Å². The number of carbonyl (C=O) groups excluding carboxylic acids is 1. The van der Waals surface area contributed by atoms with Crippen molar-refractivity contribution in [3.63, 3.8) is 0 Å². The molecule has 0 bridgehead atoms. The Hall–Kier alpha value is -3.00. The van der Waals surface area contributed by atoms with Crippen molar-refractivity contribution in [2.75, 3.05) is 0 Å². The summed E-state index contributed by atoms with van der Waals surface area (Å²) >= 11 is 0. The maximum Gasteiger partial charge on any atom is 0.270 e. The smallest absolute Gasteiger partial charge is 0.270 e. The number of nitrogens with zero attached hydrogens (tertiary/aromatic N) is 2. The van der Waals surface area contributed by atoms with Crippen molar-refractivity contribution < 1.29 is 18.3 Å². The number of hydrogen-bond acceptors (Lipinski definition) is 4. The maximum absolute atomic E-state index is 14.0. The van der Waals surface area contributed by atoms with Crippen LogP contribution in [0.2, 0.25) is 0 Å². The summed E-state index contributed by atoms with van der Waals surface area (Å²) in [5, 5.41) is 3.07. The molecule has 3 N–H and O–H groups in total. The van der Waals surface area contributed by atoms with E-state index in [-0.39, 0.29) is 18.1 Å². The molecule has 2 heterocycles. The Bertz CT molecular complexity index is 1170. The number of aryl methyl sites for hydroxylation is 2. The molecule has 1 aliphatic carbocycles. The van der Waals surface area contributed by atoms with Crippen LogP contribution < -0.4 is 15.8 Å². The number of aromatic nitrogens is 2. The van der Waals surface area contributed by atoms with Gasteiger partial charge in [-0.25, -0.2) is 13.8 Å². The van der Waals surface area contributed by atoms with Gasteiger partial charge in [0.15, 0.2) is 11.4 Å². The van der Waals surface area contributed by atoms with Crippen LogP contribution in [0.4, 0.5) is 8.78 Å². The van der Waals surface area contributed by atoms with E-state index in [0.29, 0.717) is 22.8 Å². The van der Waals surface area contributed by atoms with Gasteiger partial charge in [0.2, 0.25) is 0 Å². The number of imidazole rings is 1. The van der Waals surface area contributed by atoms with Gasteiger partial charge >= 0.3 is 0 Å². The fourth-order valence-electron chi connectivity index (χ4n) is 3.97. The summed E-state index contributed by atoms with van der Waals surface area (Å²) in [6.45, 7) is 7.15. The van der Waals surface area contributed by atoms with Crippen molar-refractivity contribution >= 4 is 11.6 Å². The summed E-state index contributed by atoms with van der Waals surface area (Å²) in [5.74, 6) is -1.30. The lowest BCUT2D eigenvalue weighted by atomic mass is 9.63. The monoisotopic (exact) mass is 428 g/mol. The number of fused-ring (bicyclic) bond motifs is 1. The van der Waals surface area contributed by atoms with Gasteiger partial charge in [-0.15, -0.1) is 0 Å². The van der Waals surface area contributed by atoms with E-state index in [0.717, 1.165) is 18.4 Å². The van der Waals surface area contributed by atoms with E-state index >= 15 is 0 Å². The molecule has 1 fully saturated rings. The molecule has 6 nitrogen and oxygen atoms in total. The third-order valence-corrected chi connectivity index (χ3v) is 6.44. The van der Waals surface area contributed by atoms with Crippen LogP contribution in [0.15, 0.2) is 30.5 Å². The van der Waals surface area contributed by atoms with Gasteiger partial charge in [-0.2, -0.15) is 0 Å². The number of halogens is 2. The molecular formula is C23H26F2N4O2. The van der Waals surface area contributed by atoms with Crippen molar-refractivity contribution in [3.8, 4) is 5.75 Å². The zero-order valence-electron chi connectivity index (χ0n) is 18.1. The van der Waals surface area contributed by atoms with Crippen LogP contribution in [-0.2, 0) is 6.61 Å². The molecule has 1 aliphatic rings. The number of pyridine rings is 1. The van der Waals surface area contributed by atoms with Gasteiger partial charge in [0, 0.05) is 11.7 Å². The van der Waals surface area contributed by atoms with Crippen molar-refractivity contribution in [3.05, 3.63) is 64.6 Å². The van der Waals surface area contributed by atoms with Crippen molar-refractivity contribution in [2.45, 2.75) is 58.2 Å². The van der Waals surface area contributed by atoms with Crippen molar-refractivity contribution in [2.24, 2.45) is 5.73 Å². The molecule has 1 aromatic carbocycles. The molecule has 2 atom stereocenters. The van der Waals surface area contributed by atoms with Crippen LogP contribution in [0.5, 0.6) is 5.75 Å². The number of hydrogen-bond donors (Lipinski definition) is 2. The highest BCUT2D eigenvalue weighted by Gasteiger charge is 2.51. The Morgan fingerprint density at radius 3 is 2.52 bits per heavy atom. The Labute approximate surface area is 179 Å². The van der Waals surface area contributed by atoms with E-state index in [9.17, 15) is 13.6 Å². The van der Waals surface area contributed by atoms with Gasteiger partial charge in [-0.1, -0.05) is 6.07 Å². The lowest BCUT2D eigenvalue weighted by molar-refractivity contribution is 0.0585. The molecule has 0 radical (unpaired) electrons. The lowest BCUT2D eigenvalue weighted by Crippen LogP contribution is -2.72. The molecule has 8 heteroatoms. The van der Waals surface area contributed by atoms with Gasteiger partial charge in [-0.05, 0) is 64.3 Å². The topological polar surface area (TPSA) is 81.6 Å². The van der Waals surface area contributed by atoms with E-state index in [1.54, 1.807) is 23.6 Å². The second-order valence-electron chi connectivity index (χ2n) is 8.81. The molecule has 164 valence electrons. The highest BCUT2D eigenvalue weighted by Crippen LogP contribution is 2.40.